The largest absolute Gasteiger partial charge is 0.464 e. The molecule has 1 N–H and O–H groups in total. The summed E-state index contributed by atoms with van der Waals surface area (Å²) < 4.78 is 18.6. The van der Waals surface area contributed by atoms with E-state index in [9.17, 15) is 14.0 Å². The molecule has 144 valence electrons. The molecule has 0 saturated carbocycles. The number of nitrogens with one attached hydrogen (secondary N) is 1. The van der Waals surface area contributed by atoms with Crippen molar-refractivity contribution < 1.29 is 18.7 Å². The average Bonchev–Trinajstić information content (AvgIpc) is 3.05. The summed E-state index contributed by atoms with van der Waals surface area (Å²) in [6, 6.07) is 12.1. The fourth-order valence-electron chi connectivity index (χ4n) is 3.97. The Labute approximate surface area is 162 Å². The first-order valence-corrected chi connectivity index (χ1v) is 9.35. The molecule has 5 nitrogen and oxygen atoms in total. The van der Waals surface area contributed by atoms with E-state index in [1.807, 2.05) is 31.2 Å². The molecule has 0 aliphatic carbocycles. The number of fused-ring (bicyclic) bond motifs is 3. The van der Waals surface area contributed by atoms with Crippen molar-refractivity contribution in [2.75, 3.05) is 6.61 Å². The summed E-state index contributed by atoms with van der Waals surface area (Å²) in [5.41, 5.74) is 2.98. The number of esters is 1. The molecular formula is C22H21FN2O3. The van der Waals surface area contributed by atoms with Gasteiger partial charge in [-0.05, 0) is 56.2 Å². The molecule has 1 aromatic heterocycles. The van der Waals surface area contributed by atoms with E-state index >= 15 is 0 Å². The zero-order valence-corrected chi connectivity index (χ0v) is 15.7. The number of nitrogens with zero attached hydrogens (tertiary/aromatic N) is 1. The molecule has 1 aliphatic heterocycles. The van der Waals surface area contributed by atoms with E-state index in [0.29, 0.717) is 17.7 Å². The smallest absolute Gasteiger partial charge is 0.335 e. The Hall–Kier alpha value is -3.15. The maximum absolute atomic E-state index is 13.3. The van der Waals surface area contributed by atoms with Crippen LogP contribution in [0.5, 0.6) is 0 Å². The first kappa shape index (κ1) is 18.2. The third-order valence-electron chi connectivity index (χ3n) is 5.21. The van der Waals surface area contributed by atoms with Crippen LogP contribution < -0.4 is 0 Å². The lowest BCUT2D eigenvalue weighted by atomic mass is 9.91. The van der Waals surface area contributed by atoms with Crippen LogP contribution in [-0.2, 0) is 16.0 Å². The highest BCUT2D eigenvalue weighted by Crippen LogP contribution is 2.38. The van der Waals surface area contributed by atoms with Crippen LogP contribution in [0, 0.1) is 5.82 Å². The monoisotopic (exact) mass is 380 g/mol. The highest BCUT2D eigenvalue weighted by molar-refractivity contribution is 5.98. The van der Waals surface area contributed by atoms with E-state index in [1.54, 1.807) is 11.8 Å². The van der Waals surface area contributed by atoms with Crippen molar-refractivity contribution in [1.82, 2.24) is 9.88 Å². The lowest BCUT2D eigenvalue weighted by molar-refractivity contribution is -0.150. The molecule has 2 heterocycles. The van der Waals surface area contributed by atoms with Crippen molar-refractivity contribution >= 4 is 22.8 Å². The number of halogens is 1. The number of hydrogen-bond donors (Lipinski definition) is 1. The lowest BCUT2D eigenvalue weighted by Gasteiger charge is -2.39. The molecule has 0 fully saturated rings. The van der Waals surface area contributed by atoms with Crippen molar-refractivity contribution in [3.8, 4) is 0 Å². The van der Waals surface area contributed by atoms with E-state index in [1.165, 1.54) is 24.3 Å². The summed E-state index contributed by atoms with van der Waals surface area (Å²) in [6.07, 6.45) is 0.613. The van der Waals surface area contributed by atoms with Crippen LogP contribution in [0.15, 0.2) is 48.5 Å². The lowest BCUT2D eigenvalue weighted by Crippen LogP contribution is -2.49. The summed E-state index contributed by atoms with van der Waals surface area (Å²) in [4.78, 5) is 31.0. The number of benzene rings is 2. The third-order valence-corrected chi connectivity index (χ3v) is 5.21. The van der Waals surface area contributed by atoms with Gasteiger partial charge in [0, 0.05) is 22.5 Å². The molecular weight excluding hydrogens is 359 g/mol. The van der Waals surface area contributed by atoms with Gasteiger partial charge in [0.1, 0.15) is 5.82 Å². The van der Waals surface area contributed by atoms with Gasteiger partial charge in [0.2, 0.25) is 0 Å². The molecule has 0 radical (unpaired) electrons. The summed E-state index contributed by atoms with van der Waals surface area (Å²) in [7, 11) is 0. The van der Waals surface area contributed by atoms with E-state index in [2.05, 4.69) is 4.98 Å². The fraction of sp³-hybridized carbons (Fsp3) is 0.273. The van der Waals surface area contributed by atoms with E-state index < -0.39 is 17.8 Å². The molecule has 28 heavy (non-hydrogen) atoms. The molecule has 0 bridgehead atoms. The van der Waals surface area contributed by atoms with Crippen LogP contribution in [0.2, 0.25) is 0 Å². The Balaban J connectivity index is 1.84. The Kier molecular flexibility index (Phi) is 4.63. The predicted octanol–water partition coefficient (Wildman–Crippen LogP) is 4.00. The van der Waals surface area contributed by atoms with Crippen LogP contribution in [0.4, 0.5) is 4.39 Å². The quantitative estimate of drug-likeness (QED) is 0.699. The molecule has 1 amide bonds. The number of carbonyl (C=O) groups is 2. The minimum atomic E-state index is -0.872. The zero-order valence-electron chi connectivity index (χ0n) is 15.7. The Morgan fingerprint density at radius 3 is 2.61 bits per heavy atom. The van der Waals surface area contributed by atoms with Crippen LogP contribution in [0.25, 0.3) is 10.9 Å². The van der Waals surface area contributed by atoms with Crippen molar-refractivity contribution in [2.24, 2.45) is 0 Å². The van der Waals surface area contributed by atoms with E-state index in [0.717, 1.165) is 16.5 Å². The normalized spacial score (nSPS) is 18.8. The van der Waals surface area contributed by atoms with Crippen molar-refractivity contribution in [3.63, 3.8) is 0 Å². The van der Waals surface area contributed by atoms with Gasteiger partial charge in [-0.25, -0.2) is 9.18 Å². The maximum atomic E-state index is 13.3. The van der Waals surface area contributed by atoms with E-state index in [-0.39, 0.29) is 18.6 Å². The highest BCUT2D eigenvalue weighted by atomic mass is 19.1. The maximum Gasteiger partial charge on any atom is 0.335 e. The number of carbonyl (C=O) groups excluding carboxylic acids is 2. The van der Waals surface area contributed by atoms with Crippen molar-refractivity contribution in [3.05, 3.63) is 71.2 Å². The number of H-pyrrole nitrogens is 1. The molecule has 2 unspecified atom stereocenters. The van der Waals surface area contributed by atoms with Crippen LogP contribution >= 0.6 is 0 Å². The standard InChI is InChI=1S/C22H21FN2O3/c1-3-28-22(27)20-19-17(16-6-4-5-7-18(16)24-19)12-13(2)25(20)21(26)14-8-10-15(23)11-9-14/h4-11,13,20,24H,3,12H2,1-2H3. The number of ether oxygens (including phenoxy) is 1. The fourth-order valence-corrected chi connectivity index (χ4v) is 3.97. The number of para-hydroxylation sites is 1. The molecule has 2 atom stereocenters. The summed E-state index contributed by atoms with van der Waals surface area (Å²) in [5, 5.41) is 1.05. The second kappa shape index (κ2) is 7.11. The average molecular weight is 380 g/mol. The summed E-state index contributed by atoms with van der Waals surface area (Å²) in [5.74, 6) is -1.21. The van der Waals surface area contributed by atoms with Crippen molar-refractivity contribution in [2.45, 2.75) is 32.4 Å². The van der Waals surface area contributed by atoms with Crippen LogP contribution in [-0.4, -0.2) is 34.4 Å². The predicted molar refractivity (Wildman–Crippen MR) is 103 cm³/mol. The SMILES string of the molecule is CCOC(=O)C1c2[nH]c3ccccc3c2CC(C)N1C(=O)c1ccc(F)cc1. The molecule has 2 aromatic carbocycles. The minimum Gasteiger partial charge on any atom is -0.464 e. The highest BCUT2D eigenvalue weighted by Gasteiger charge is 2.42. The number of rotatable bonds is 3. The molecule has 3 aromatic rings. The van der Waals surface area contributed by atoms with Gasteiger partial charge >= 0.3 is 5.97 Å². The molecule has 4 rings (SSSR count). The Morgan fingerprint density at radius 2 is 1.89 bits per heavy atom. The van der Waals surface area contributed by atoms with Gasteiger partial charge in [-0.15, -0.1) is 0 Å². The van der Waals surface area contributed by atoms with Gasteiger partial charge in [0.15, 0.2) is 6.04 Å². The molecule has 0 spiro atoms. The number of aromatic nitrogens is 1. The van der Waals surface area contributed by atoms with Gasteiger partial charge in [0.25, 0.3) is 5.91 Å². The zero-order chi connectivity index (χ0) is 19.8. The van der Waals surface area contributed by atoms with E-state index in [4.69, 9.17) is 4.74 Å². The first-order chi connectivity index (χ1) is 13.5. The number of aromatic amines is 1. The van der Waals surface area contributed by atoms with Gasteiger partial charge in [0.05, 0.1) is 12.3 Å². The second-order valence-corrected chi connectivity index (χ2v) is 6.99. The Morgan fingerprint density at radius 1 is 1.18 bits per heavy atom. The summed E-state index contributed by atoms with van der Waals surface area (Å²) in [6.45, 7) is 3.87. The molecule has 0 saturated heterocycles. The van der Waals surface area contributed by atoms with Gasteiger partial charge < -0.3 is 14.6 Å². The van der Waals surface area contributed by atoms with Gasteiger partial charge in [-0.2, -0.15) is 0 Å². The third kappa shape index (κ3) is 2.95. The first-order valence-electron chi connectivity index (χ1n) is 9.35. The van der Waals surface area contributed by atoms with Crippen LogP contribution in [0.1, 0.15) is 41.5 Å². The minimum absolute atomic E-state index is 0.220. The summed E-state index contributed by atoms with van der Waals surface area (Å²) >= 11 is 0. The van der Waals surface area contributed by atoms with Gasteiger partial charge in [-0.1, -0.05) is 18.2 Å². The van der Waals surface area contributed by atoms with Gasteiger partial charge in [-0.3, -0.25) is 4.79 Å². The van der Waals surface area contributed by atoms with Crippen LogP contribution in [0.3, 0.4) is 0 Å². The molecule has 6 heteroatoms. The number of hydrogen-bond acceptors (Lipinski definition) is 3. The Bertz CT molecular complexity index is 1040. The molecule has 1 aliphatic rings. The van der Waals surface area contributed by atoms with Crippen molar-refractivity contribution in [1.29, 1.82) is 0 Å². The number of amides is 1. The topological polar surface area (TPSA) is 62.4 Å². The second-order valence-electron chi connectivity index (χ2n) is 6.99.